The summed E-state index contributed by atoms with van der Waals surface area (Å²) in [5.74, 6) is -0.252. The Morgan fingerprint density at radius 1 is 1.00 bits per heavy atom. The predicted molar refractivity (Wildman–Crippen MR) is 78.7 cm³/mol. The van der Waals surface area contributed by atoms with Crippen molar-refractivity contribution in [1.82, 2.24) is 9.97 Å². The molecule has 20 heavy (non-hydrogen) atoms. The van der Waals surface area contributed by atoms with E-state index in [9.17, 15) is 4.79 Å². The zero-order valence-corrected chi connectivity index (χ0v) is 11.0. The van der Waals surface area contributed by atoms with E-state index in [0.717, 1.165) is 16.8 Å². The molecule has 0 saturated carbocycles. The topological polar surface area (TPSA) is 54.9 Å². The minimum absolute atomic E-state index is 0.252. The maximum atomic E-state index is 12.2. The van der Waals surface area contributed by atoms with Gasteiger partial charge in [0.1, 0.15) is 5.69 Å². The van der Waals surface area contributed by atoms with Crippen LogP contribution in [-0.4, -0.2) is 15.9 Å². The smallest absolute Gasteiger partial charge is 0.275 e. The normalized spacial score (nSPS) is 10.4. The van der Waals surface area contributed by atoms with Crippen LogP contribution in [0.3, 0.4) is 0 Å². The Balaban J connectivity index is 1.91. The summed E-state index contributed by atoms with van der Waals surface area (Å²) in [5.41, 5.74) is 3.60. The number of carbonyl (C=O) groups excluding carboxylic acids is 1. The van der Waals surface area contributed by atoms with Crippen molar-refractivity contribution in [2.75, 3.05) is 5.32 Å². The highest BCUT2D eigenvalue weighted by Crippen LogP contribution is 2.15. The molecule has 2 aromatic carbocycles. The first-order valence-electron chi connectivity index (χ1n) is 6.33. The highest BCUT2D eigenvalue weighted by atomic mass is 16.1. The van der Waals surface area contributed by atoms with Gasteiger partial charge in [-0.25, -0.2) is 4.98 Å². The molecule has 3 rings (SSSR count). The lowest BCUT2D eigenvalue weighted by molar-refractivity contribution is 0.102. The highest BCUT2D eigenvalue weighted by Gasteiger charge is 2.10. The fourth-order valence-corrected chi connectivity index (χ4v) is 1.97. The molecule has 0 atom stereocenters. The Labute approximate surface area is 116 Å². The van der Waals surface area contributed by atoms with E-state index in [-0.39, 0.29) is 5.91 Å². The summed E-state index contributed by atoms with van der Waals surface area (Å²) in [6.45, 7) is 1.95. The van der Waals surface area contributed by atoms with Crippen LogP contribution in [0.25, 0.3) is 11.0 Å². The first-order chi connectivity index (χ1) is 9.74. The second kappa shape index (κ2) is 5.09. The molecule has 1 heterocycles. The van der Waals surface area contributed by atoms with Crippen LogP contribution in [0, 0.1) is 6.92 Å². The van der Waals surface area contributed by atoms with Gasteiger partial charge in [-0.2, -0.15) is 0 Å². The molecule has 98 valence electrons. The van der Waals surface area contributed by atoms with Gasteiger partial charge in [-0.05, 0) is 30.7 Å². The van der Waals surface area contributed by atoms with Crippen molar-refractivity contribution in [3.63, 3.8) is 0 Å². The standard InChI is InChI=1S/C16H13N3O/c1-11-6-2-3-7-12(11)19-16(20)15-10-17-13-8-4-5-9-14(13)18-15/h2-10H,1H3,(H,19,20). The zero-order valence-electron chi connectivity index (χ0n) is 11.0. The SMILES string of the molecule is Cc1ccccc1NC(=O)c1cnc2ccccc2n1. The van der Waals surface area contributed by atoms with Crippen LogP contribution in [0.4, 0.5) is 5.69 Å². The Kier molecular flexibility index (Phi) is 3.13. The van der Waals surface area contributed by atoms with Gasteiger partial charge in [0.2, 0.25) is 0 Å². The number of amides is 1. The number of fused-ring (bicyclic) bond motifs is 1. The molecule has 4 heteroatoms. The summed E-state index contributed by atoms with van der Waals surface area (Å²) in [7, 11) is 0. The van der Waals surface area contributed by atoms with Gasteiger partial charge in [-0.1, -0.05) is 30.3 Å². The maximum Gasteiger partial charge on any atom is 0.275 e. The average molecular weight is 263 g/mol. The van der Waals surface area contributed by atoms with Crippen molar-refractivity contribution < 1.29 is 4.79 Å². The van der Waals surface area contributed by atoms with E-state index in [1.54, 1.807) is 0 Å². The van der Waals surface area contributed by atoms with Gasteiger partial charge in [-0.15, -0.1) is 0 Å². The number of anilines is 1. The Morgan fingerprint density at radius 3 is 2.50 bits per heavy atom. The van der Waals surface area contributed by atoms with Crippen molar-refractivity contribution in [2.24, 2.45) is 0 Å². The molecule has 1 amide bonds. The van der Waals surface area contributed by atoms with Gasteiger partial charge in [0.15, 0.2) is 0 Å². The van der Waals surface area contributed by atoms with Crippen molar-refractivity contribution in [3.05, 3.63) is 66.0 Å². The van der Waals surface area contributed by atoms with E-state index < -0.39 is 0 Å². The molecule has 0 aliphatic carbocycles. The van der Waals surface area contributed by atoms with Gasteiger partial charge >= 0.3 is 0 Å². The van der Waals surface area contributed by atoms with E-state index in [0.29, 0.717) is 11.2 Å². The van der Waals surface area contributed by atoms with Crippen LogP contribution in [-0.2, 0) is 0 Å². The number of para-hydroxylation sites is 3. The maximum absolute atomic E-state index is 12.2. The number of aryl methyl sites for hydroxylation is 1. The average Bonchev–Trinajstić information content (AvgIpc) is 2.49. The largest absolute Gasteiger partial charge is 0.320 e. The zero-order chi connectivity index (χ0) is 13.9. The molecular formula is C16H13N3O. The van der Waals surface area contributed by atoms with Crippen molar-refractivity contribution in [3.8, 4) is 0 Å². The minimum atomic E-state index is -0.252. The molecule has 0 bridgehead atoms. The first-order valence-corrected chi connectivity index (χ1v) is 6.33. The number of hydrogen-bond acceptors (Lipinski definition) is 3. The van der Waals surface area contributed by atoms with Gasteiger partial charge < -0.3 is 5.32 Å². The Bertz CT molecular complexity index is 783. The van der Waals surface area contributed by atoms with Gasteiger partial charge in [0.05, 0.1) is 17.2 Å². The van der Waals surface area contributed by atoms with Gasteiger partial charge in [0, 0.05) is 5.69 Å². The number of nitrogens with one attached hydrogen (secondary N) is 1. The fourth-order valence-electron chi connectivity index (χ4n) is 1.97. The summed E-state index contributed by atoms with van der Waals surface area (Å²) in [5, 5.41) is 2.85. The molecule has 0 aliphatic rings. The lowest BCUT2D eigenvalue weighted by Gasteiger charge is -2.07. The predicted octanol–water partition coefficient (Wildman–Crippen LogP) is 3.19. The summed E-state index contributed by atoms with van der Waals surface area (Å²) < 4.78 is 0. The number of benzene rings is 2. The van der Waals surface area contributed by atoms with Crippen LogP contribution in [0.2, 0.25) is 0 Å². The lowest BCUT2D eigenvalue weighted by atomic mass is 10.2. The monoisotopic (exact) mass is 263 g/mol. The lowest BCUT2D eigenvalue weighted by Crippen LogP contribution is -2.14. The number of carbonyl (C=O) groups is 1. The van der Waals surface area contributed by atoms with Crippen LogP contribution < -0.4 is 5.32 Å². The number of rotatable bonds is 2. The van der Waals surface area contributed by atoms with Crippen molar-refractivity contribution in [2.45, 2.75) is 6.92 Å². The molecule has 4 nitrogen and oxygen atoms in total. The molecule has 1 aromatic heterocycles. The molecule has 0 aliphatic heterocycles. The third-order valence-corrected chi connectivity index (χ3v) is 3.07. The van der Waals surface area contributed by atoms with Crippen LogP contribution in [0.15, 0.2) is 54.7 Å². The van der Waals surface area contributed by atoms with E-state index in [1.165, 1.54) is 6.20 Å². The van der Waals surface area contributed by atoms with Crippen molar-refractivity contribution >= 4 is 22.6 Å². The van der Waals surface area contributed by atoms with E-state index in [2.05, 4.69) is 15.3 Å². The van der Waals surface area contributed by atoms with Gasteiger partial charge in [0.25, 0.3) is 5.91 Å². The molecule has 0 spiro atoms. The Hall–Kier alpha value is -2.75. The fraction of sp³-hybridized carbons (Fsp3) is 0.0625. The van der Waals surface area contributed by atoms with Crippen LogP contribution in [0.1, 0.15) is 16.1 Å². The number of hydrogen-bond donors (Lipinski definition) is 1. The second-order valence-electron chi connectivity index (χ2n) is 4.51. The molecule has 0 saturated heterocycles. The summed E-state index contributed by atoms with van der Waals surface area (Å²) in [6.07, 6.45) is 1.50. The van der Waals surface area contributed by atoms with E-state index in [1.807, 2.05) is 55.5 Å². The molecule has 0 fully saturated rings. The summed E-state index contributed by atoms with van der Waals surface area (Å²) in [4.78, 5) is 20.8. The second-order valence-corrected chi connectivity index (χ2v) is 4.51. The first kappa shape index (κ1) is 12.3. The molecule has 0 unspecified atom stereocenters. The molecule has 1 N–H and O–H groups in total. The Morgan fingerprint density at radius 2 is 1.70 bits per heavy atom. The number of nitrogens with zero attached hydrogens (tertiary/aromatic N) is 2. The molecule has 3 aromatic rings. The highest BCUT2D eigenvalue weighted by molar-refractivity contribution is 6.03. The van der Waals surface area contributed by atoms with E-state index in [4.69, 9.17) is 0 Å². The molecular weight excluding hydrogens is 250 g/mol. The third kappa shape index (κ3) is 2.36. The summed E-state index contributed by atoms with van der Waals surface area (Å²) in [6, 6.07) is 15.1. The molecule has 0 radical (unpaired) electrons. The van der Waals surface area contributed by atoms with E-state index >= 15 is 0 Å². The third-order valence-electron chi connectivity index (χ3n) is 3.07. The van der Waals surface area contributed by atoms with Gasteiger partial charge in [-0.3, -0.25) is 9.78 Å². The number of aromatic nitrogens is 2. The van der Waals surface area contributed by atoms with Crippen molar-refractivity contribution in [1.29, 1.82) is 0 Å². The summed E-state index contributed by atoms with van der Waals surface area (Å²) >= 11 is 0. The van der Waals surface area contributed by atoms with Crippen LogP contribution in [0.5, 0.6) is 0 Å². The minimum Gasteiger partial charge on any atom is -0.320 e. The van der Waals surface area contributed by atoms with Crippen LogP contribution >= 0.6 is 0 Å². The quantitative estimate of drug-likeness (QED) is 0.772.